The van der Waals surface area contributed by atoms with E-state index in [1.165, 1.54) is 24.8 Å². The number of hydrogen-bond acceptors (Lipinski definition) is 1. The maximum atomic E-state index is 3.69. The molecule has 0 heterocycles. The molecule has 1 aromatic carbocycles. The quantitative estimate of drug-likeness (QED) is 0.837. The van der Waals surface area contributed by atoms with Crippen molar-refractivity contribution in [3.8, 4) is 0 Å². The first-order valence-electron chi connectivity index (χ1n) is 7.50. The molecule has 2 atom stereocenters. The van der Waals surface area contributed by atoms with Crippen molar-refractivity contribution >= 4 is 6.08 Å². The second-order valence-corrected chi connectivity index (χ2v) is 6.83. The Labute approximate surface area is 118 Å². The van der Waals surface area contributed by atoms with Crippen molar-refractivity contribution in [2.45, 2.75) is 46.1 Å². The molecule has 1 aromatic rings. The van der Waals surface area contributed by atoms with Crippen LogP contribution in [0, 0.1) is 11.3 Å². The van der Waals surface area contributed by atoms with Crippen molar-refractivity contribution in [1.29, 1.82) is 0 Å². The van der Waals surface area contributed by atoms with Crippen LogP contribution in [0.25, 0.3) is 6.08 Å². The van der Waals surface area contributed by atoms with Gasteiger partial charge in [0.25, 0.3) is 0 Å². The molecule has 0 aromatic heterocycles. The van der Waals surface area contributed by atoms with Gasteiger partial charge in [-0.3, -0.25) is 0 Å². The van der Waals surface area contributed by atoms with Crippen molar-refractivity contribution in [3.63, 3.8) is 0 Å². The van der Waals surface area contributed by atoms with Crippen LogP contribution in [0.4, 0.5) is 0 Å². The lowest BCUT2D eigenvalue weighted by Gasteiger charge is -2.39. The Morgan fingerprint density at radius 2 is 1.95 bits per heavy atom. The summed E-state index contributed by atoms with van der Waals surface area (Å²) < 4.78 is 0. The maximum Gasteiger partial charge on any atom is 0.0140 e. The Morgan fingerprint density at radius 1 is 1.21 bits per heavy atom. The van der Waals surface area contributed by atoms with Crippen LogP contribution in [-0.4, -0.2) is 12.6 Å². The van der Waals surface area contributed by atoms with E-state index in [2.05, 4.69) is 68.6 Å². The van der Waals surface area contributed by atoms with Gasteiger partial charge >= 0.3 is 0 Å². The van der Waals surface area contributed by atoms with E-state index in [0.29, 0.717) is 11.5 Å². The molecule has 0 saturated heterocycles. The fraction of sp³-hybridized carbons (Fsp3) is 0.556. The SMILES string of the molecule is CC1CC(NC/C=C/c2ccccc2)CC(C)(C)C1. The average molecular weight is 257 g/mol. The first-order chi connectivity index (χ1) is 9.05. The van der Waals surface area contributed by atoms with E-state index < -0.39 is 0 Å². The third kappa shape index (κ3) is 4.83. The molecule has 2 rings (SSSR count). The second-order valence-electron chi connectivity index (χ2n) is 6.83. The Balaban J connectivity index is 1.78. The number of rotatable bonds is 4. The Kier molecular flexibility index (Phi) is 4.81. The summed E-state index contributed by atoms with van der Waals surface area (Å²) in [6.45, 7) is 8.16. The van der Waals surface area contributed by atoms with Gasteiger partial charge in [0.2, 0.25) is 0 Å². The minimum absolute atomic E-state index is 0.498. The molecule has 2 unspecified atom stereocenters. The first kappa shape index (κ1) is 14.3. The highest BCUT2D eigenvalue weighted by Crippen LogP contribution is 2.38. The molecular weight excluding hydrogens is 230 g/mol. The maximum absolute atomic E-state index is 3.69. The van der Waals surface area contributed by atoms with E-state index in [4.69, 9.17) is 0 Å². The van der Waals surface area contributed by atoms with Gasteiger partial charge in [0, 0.05) is 12.6 Å². The van der Waals surface area contributed by atoms with Crippen LogP contribution in [0.3, 0.4) is 0 Å². The van der Waals surface area contributed by atoms with Crippen LogP contribution < -0.4 is 5.32 Å². The second kappa shape index (κ2) is 6.38. The first-order valence-corrected chi connectivity index (χ1v) is 7.50. The molecule has 19 heavy (non-hydrogen) atoms. The zero-order valence-electron chi connectivity index (χ0n) is 12.5. The van der Waals surface area contributed by atoms with E-state index in [1.807, 2.05) is 0 Å². The molecule has 0 spiro atoms. The molecular formula is C18H27N. The van der Waals surface area contributed by atoms with Crippen LogP contribution >= 0.6 is 0 Å². The average Bonchev–Trinajstić information content (AvgIpc) is 2.33. The number of nitrogens with one attached hydrogen (secondary N) is 1. The molecule has 1 heteroatoms. The van der Waals surface area contributed by atoms with Gasteiger partial charge < -0.3 is 5.32 Å². The standard InChI is InChI=1S/C18H27N/c1-15-12-17(14-18(2,3)13-15)19-11-7-10-16-8-5-4-6-9-16/h4-10,15,17,19H,11-14H2,1-3H3/b10-7+. The van der Waals surface area contributed by atoms with Gasteiger partial charge in [0.1, 0.15) is 0 Å². The van der Waals surface area contributed by atoms with Gasteiger partial charge in [-0.15, -0.1) is 0 Å². The Morgan fingerprint density at radius 3 is 2.63 bits per heavy atom. The van der Waals surface area contributed by atoms with Crippen molar-refractivity contribution in [2.75, 3.05) is 6.54 Å². The molecule has 1 N–H and O–H groups in total. The van der Waals surface area contributed by atoms with E-state index in [1.54, 1.807) is 0 Å². The van der Waals surface area contributed by atoms with Crippen molar-refractivity contribution < 1.29 is 0 Å². The summed E-state index contributed by atoms with van der Waals surface area (Å²) in [7, 11) is 0. The summed E-state index contributed by atoms with van der Waals surface area (Å²) in [5.41, 5.74) is 1.78. The Bertz CT molecular complexity index is 405. The van der Waals surface area contributed by atoms with Gasteiger partial charge in [-0.05, 0) is 36.2 Å². The highest BCUT2D eigenvalue weighted by atomic mass is 14.9. The normalized spacial score (nSPS) is 26.7. The largest absolute Gasteiger partial charge is 0.310 e. The van der Waals surface area contributed by atoms with Gasteiger partial charge in [0.15, 0.2) is 0 Å². The molecule has 1 aliphatic carbocycles. The fourth-order valence-corrected chi connectivity index (χ4v) is 3.50. The molecule has 1 fully saturated rings. The predicted molar refractivity (Wildman–Crippen MR) is 84.1 cm³/mol. The summed E-state index contributed by atoms with van der Waals surface area (Å²) in [5, 5.41) is 3.69. The molecule has 0 aliphatic heterocycles. The molecule has 104 valence electrons. The lowest BCUT2D eigenvalue weighted by atomic mass is 9.70. The summed E-state index contributed by atoms with van der Waals surface area (Å²) in [6.07, 6.45) is 8.43. The fourth-order valence-electron chi connectivity index (χ4n) is 3.50. The lowest BCUT2D eigenvalue weighted by Crippen LogP contribution is -2.40. The molecule has 0 amide bonds. The predicted octanol–water partition coefficient (Wildman–Crippen LogP) is 4.50. The lowest BCUT2D eigenvalue weighted by molar-refractivity contribution is 0.154. The summed E-state index contributed by atoms with van der Waals surface area (Å²) in [5.74, 6) is 0.847. The van der Waals surface area contributed by atoms with Gasteiger partial charge in [-0.25, -0.2) is 0 Å². The van der Waals surface area contributed by atoms with Crippen LogP contribution in [0.1, 0.15) is 45.6 Å². The van der Waals surface area contributed by atoms with Crippen LogP contribution in [-0.2, 0) is 0 Å². The van der Waals surface area contributed by atoms with Gasteiger partial charge in [0.05, 0.1) is 0 Å². The minimum Gasteiger partial charge on any atom is -0.310 e. The van der Waals surface area contributed by atoms with Crippen molar-refractivity contribution in [1.82, 2.24) is 5.32 Å². The third-order valence-corrected chi connectivity index (χ3v) is 4.02. The van der Waals surface area contributed by atoms with Gasteiger partial charge in [-0.2, -0.15) is 0 Å². The highest BCUT2D eigenvalue weighted by Gasteiger charge is 2.31. The van der Waals surface area contributed by atoms with E-state index in [-0.39, 0.29) is 0 Å². The van der Waals surface area contributed by atoms with Crippen molar-refractivity contribution in [2.24, 2.45) is 11.3 Å². The van der Waals surface area contributed by atoms with Crippen LogP contribution in [0.2, 0.25) is 0 Å². The van der Waals surface area contributed by atoms with Crippen LogP contribution in [0.15, 0.2) is 36.4 Å². The summed E-state index contributed by atoms with van der Waals surface area (Å²) >= 11 is 0. The number of hydrogen-bond donors (Lipinski definition) is 1. The van der Waals surface area contributed by atoms with E-state index >= 15 is 0 Å². The molecule has 1 nitrogen and oxygen atoms in total. The zero-order valence-corrected chi connectivity index (χ0v) is 12.5. The molecule has 0 bridgehead atoms. The van der Waals surface area contributed by atoms with Gasteiger partial charge in [-0.1, -0.05) is 63.3 Å². The Hall–Kier alpha value is -1.08. The molecule has 1 aliphatic rings. The zero-order chi connectivity index (χ0) is 13.7. The molecule has 0 radical (unpaired) electrons. The van der Waals surface area contributed by atoms with Crippen molar-refractivity contribution in [3.05, 3.63) is 42.0 Å². The summed E-state index contributed by atoms with van der Waals surface area (Å²) in [4.78, 5) is 0. The number of benzene rings is 1. The van der Waals surface area contributed by atoms with E-state index in [0.717, 1.165) is 12.5 Å². The summed E-state index contributed by atoms with van der Waals surface area (Å²) in [6, 6.07) is 11.2. The smallest absolute Gasteiger partial charge is 0.0140 e. The topological polar surface area (TPSA) is 12.0 Å². The highest BCUT2D eigenvalue weighted by molar-refractivity contribution is 5.48. The van der Waals surface area contributed by atoms with E-state index in [9.17, 15) is 0 Å². The van der Waals surface area contributed by atoms with Crippen LogP contribution in [0.5, 0.6) is 0 Å². The monoisotopic (exact) mass is 257 g/mol. The molecule has 1 saturated carbocycles. The minimum atomic E-state index is 0.498. The third-order valence-electron chi connectivity index (χ3n) is 4.02.